The first-order chi connectivity index (χ1) is 10.7. The van der Waals surface area contributed by atoms with Gasteiger partial charge < -0.3 is 0 Å². The van der Waals surface area contributed by atoms with Gasteiger partial charge in [-0.05, 0) is 39.8 Å². The second-order valence-electron chi connectivity index (χ2n) is 6.67. The summed E-state index contributed by atoms with van der Waals surface area (Å²) in [6, 6.07) is 26.4. The van der Waals surface area contributed by atoms with Crippen LogP contribution < -0.4 is 0 Å². The third-order valence-electron chi connectivity index (χ3n) is 4.90. The minimum Gasteiger partial charge on any atom is -0.0622 e. The fraction of sp³-hybridized carbons (Fsp3) is 0.182. The maximum absolute atomic E-state index is 2.35. The largest absolute Gasteiger partial charge is 0.0622 e. The van der Waals surface area contributed by atoms with Crippen LogP contribution >= 0.6 is 0 Å². The number of hydrogen-bond acceptors (Lipinski definition) is 0. The van der Waals surface area contributed by atoms with Crippen molar-refractivity contribution in [2.45, 2.75) is 25.7 Å². The molecule has 0 unspecified atom stereocenters. The molecule has 1 aliphatic rings. The third-order valence-corrected chi connectivity index (χ3v) is 4.90. The van der Waals surface area contributed by atoms with E-state index in [1.54, 1.807) is 0 Å². The van der Waals surface area contributed by atoms with Gasteiger partial charge >= 0.3 is 0 Å². The van der Waals surface area contributed by atoms with E-state index in [4.69, 9.17) is 0 Å². The normalized spacial score (nSPS) is 14.5. The minimum absolute atomic E-state index is 0.0807. The summed E-state index contributed by atoms with van der Waals surface area (Å²) < 4.78 is 0. The van der Waals surface area contributed by atoms with Crippen molar-refractivity contribution >= 4 is 0 Å². The van der Waals surface area contributed by atoms with E-state index in [0.29, 0.717) is 0 Å². The van der Waals surface area contributed by atoms with E-state index in [2.05, 4.69) is 86.6 Å². The van der Waals surface area contributed by atoms with Crippen LogP contribution in [0.15, 0.2) is 72.8 Å². The van der Waals surface area contributed by atoms with Gasteiger partial charge in [-0.25, -0.2) is 0 Å². The molecular weight excluding hydrogens is 264 g/mol. The summed E-state index contributed by atoms with van der Waals surface area (Å²) >= 11 is 0. The molecule has 0 spiro atoms. The molecule has 0 amide bonds. The van der Waals surface area contributed by atoms with E-state index < -0.39 is 0 Å². The molecule has 0 bridgehead atoms. The number of rotatable bonds is 2. The van der Waals surface area contributed by atoms with Gasteiger partial charge in [-0.15, -0.1) is 0 Å². The van der Waals surface area contributed by atoms with Crippen molar-refractivity contribution in [2.24, 2.45) is 0 Å². The summed E-state index contributed by atoms with van der Waals surface area (Å²) in [6.07, 6.45) is 1.00. The van der Waals surface area contributed by atoms with E-state index in [9.17, 15) is 0 Å². The molecule has 0 heteroatoms. The first kappa shape index (κ1) is 13.3. The highest BCUT2D eigenvalue weighted by Crippen LogP contribution is 2.50. The highest BCUT2D eigenvalue weighted by molar-refractivity contribution is 5.81. The van der Waals surface area contributed by atoms with Crippen molar-refractivity contribution in [1.29, 1.82) is 0 Å². The minimum atomic E-state index is 0.0807. The predicted octanol–water partition coefficient (Wildman–Crippen LogP) is 5.58. The number of benzene rings is 3. The van der Waals surface area contributed by atoms with Crippen molar-refractivity contribution in [3.05, 3.63) is 95.1 Å². The molecule has 22 heavy (non-hydrogen) atoms. The molecule has 4 rings (SSSR count). The van der Waals surface area contributed by atoms with Crippen LogP contribution in [0, 0.1) is 0 Å². The van der Waals surface area contributed by atoms with Crippen molar-refractivity contribution in [3.8, 4) is 11.1 Å². The second-order valence-corrected chi connectivity index (χ2v) is 6.67. The zero-order valence-electron chi connectivity index (χ0n) is 13.1. The molecule has 0 nitrogen and oxygen atoms in total. The Labute approximate surface area is 132 Å². The summed E-state index contributed by atoms with van der Waals surface area (Å²) in [5.74, 6) is 0. The second kappa shape index (κ2) is 4.84. The number of hydrogen-bond donors (Lipinski definition) is 0. The molecule has 0 heterocycles. The first-order valence-electron chi connectivity index (χ1n) is 7.94. The monoisotopic (exact) mass is 284 g/mol. The van der Waals surface area contributed by atoms with Gasteiger partial charge in [-0.2, -0.15) is 0 Å². The van der Waals surface area contributed by atoms with Gasteiger partial charge in [0.2, 0.25) is 0 Å². The number of fused-ring (bicyclic) bond motifs is 3. The SMILES string of the molecule is CC1(C)c2ccccc2-c2cccc(Cc3ccccc3)c21. The van der Waals surface area contributed by atoms with E-state index >= 15 is 0 Å². The van der Waals surface area contributed by atoms with Crippen molar-refractivity contribution in [2.75, 3.05) is 0 Å². The maximum atomic E-state index is 2.35. The Balaban J connectivity index is 1.89. The van der Waals surface area contributed by atoms with Crippen LogP contribution in [0.5, 0.6) is 0 Å². The molecule has 3 aromatic carbocycles. The van der Waals surface area contributed by atoms with Gasteiger partial charge in [0.1, 0.15) is 0 Å². The summed E-state index contributed by atoms with van der Waals surface area (Å²) in [7, 11) is 0. The zero-order chi connectivity index (χ0) is 15.2. The molecule has 0 aromatic heterocycles. The molecule has 0 saturated heterocycles. The van der Waals surface area contributed by atoms with Crippen LogP contribution in [0.1, 0.15) is 36.1 Å². The highest BCUT2D eigenvalue weighted by Gasteiger charge is 2.36. The zero-order valence-corrected chi connectivity index (χ0v) is 13.1. The summed E-state index contributed by atoms with van der Waals surface area (Å²) in [6.45, 7) is 4.71. The lowest BCUT2D eigenvalue weighted by Gasteiger charge is -2.24. The molecule has 3 aromatic rings. The Morgan fingerprint density at radius 2 is 1.36 bits per heavy atom. The molecule has 0 fully saturated rings. The lowest BCUT2D eigenvalue weighted by atomic mass is 9.79. The van der Waals surface area contributed by atoms with Crippen LogP contribution in [0.4, 0.5) is 0 Å². The Kier molecular flexibility index (Phi) is 2.94. The van der Waals surface area contributed by atoms with Crippen LogP contribution in [-0.2, 0) is 11.8 Å². The fourth-order valence-electron chi connectivity index (χ4n) is 3.92. The summed E-state index contributed by atoms with van der Waals surface area (Å²) in [5.41, 5.74) is 8.67. The first-order valence-corrected chi connectivity index (χ1v) is 7.94. The topological polar surface area (TPSA) is 0 Å². The van der Waals surface area contributed by atoms with E-state index in [-0.39, 0.29) is 5.41 Å². The van der Waals surface area contributed by atoms with Crippen molar-refractivity contribution < 1.29 is 0 Å². The third kappa shape index (κ3) is 1.91. The molecule has 0 N–H and O–H groups in total. The van der Waals surface area contributed by atoms with Gasteiger partial charge in [-0.1, -0.05) is 86.6 Å². The van der Waals surface area contributed by atoms with E-state index in [1.165, 1.54) is 33.4 Å². The fourth-order valence-corrected chi connectivity index (χ4v) is 3.92. The van der Waals surface area contributed by atoms with Crippen LogP contribution in [0.2, 0.25) is 0 Å². The average Bonchev–Trinajstić information content (AvgIpc) is 2.78. The summed E-state index contributed by atoms with van der Waals surface area (Å²) in [5, 5.41) is 0. The molecule has 1 aliphatic carbocycles. The lowest BCUT2D eigenvalue weighted by molar-refractivity contribution is 0.653. The van der Waals surface area contributed by atoms with Gasteiger partial charge in [0.15, 0.2) is 0 Å². The van der Waals surface area contributed by atoms with E-state index in [1.807, 2.05) is 0 Å². The van der Waals surface area contributed by atoms with Gasteiger partial charge in [0.25, 0.3) is 0 Å². The van der Waals surface area contributed by atoms with Crippen molar-refractivity contribution in [3.63, 3.8) is 0 Å². The summed E-state index contributed by atoms with van der Waals surface area (Å²) in [4.78, 5) is 0. The molecule has 0 atom stereocenters. The standard InChI is InChI=1S/C22H20/c1-22(2)20-14-7-6-12-18(20)19-13-8-11-17(21(19)22)15-16-9-4-3-5-10-16/h3-14H,15H2,1-2H3. The van der Waals surface area contributed by atoms with Gasteiger partial charge in [0.05, 0.1) is 0 Å². The Morgan fingerprint density at radius 1 is 0.682 bits per heavy atom. The molecule has 0 radical (unpaired) electrons. The highest BCUT2D eigenvalue weighted by atomic mass is 14.4. The molecular formula is C22H20. The smallest absolute Gasteiger partial charge is 0.0161 e. The molecule has 108 valence electrons. The van der Waals surface area contributed by atoms with E-state index in [0.717, 1.165) is 6.42 Å². The molecule has 0 saturated carbocycles. The van der Waals surface area contributed by atoms with Crippen LogP contribution in [-0.4, -0.2) is 0 Å². The Morgan fingerprint density at radius 3 is 2.18 bits per heavy atom. The van der Waals surface area contributed by atoms with Gasteiger partial charge in [0, 0.05) is 5.41 Å². The Bertz CT molecular complexity index is 826. The lowest BCUT2D eigenvalue weighted by Crippen LogP contribution is -2.17. The molecule has 0 aliphatic heterocycles. The van der Waals surface area contributed by atoms with Crippen molar-refractivity contribution in [1.82, 2.24) is 0 Å². The maximum Gasteiger partial charge on any atom is 0.0161 e. The predicted molar refractivity (Wildman–Crippen MR) is 93.3 cm³/mol. The van der Waals surface area contributed by atoms with Crippen LogP contribution in [0.25, 0.3) is 11.1 Å². The average molecular weight is 284 g/mol. The Hall–Kier alpha value is -2.34. The van der Waals surface area contributed by atoms with Crippen LogP contribution in [0.3, 0.4) is 0 Å². The quantitative estimate of drug-likeness (QED) is 0.576. The van der Waals surface area contributed by atoms with Gasteiger partial charge in [-0.3, -0.25) is 0 Å².